The van der Waals surface area contributed by atoms with Crippen molar-refractivity contribution in [3.63, 3.8) is 0 Å². The fourth-order valence-electron chi connectivity index (χ4n) is 2.43. The highest BCUT2D eigenvalue weighted by molar-refractivity contribution is 6.32. The van der Waals surface area contributed by atoms with E-state index >= 15 is 0 Å². The largest absolute Gasteiger partial charge is 0.494 e. The van der Waals surface area contributed by atoms with Crippen molar-refractivity contribution in [1.82, 2.24) is 4.90 Å². The van der Waals surface area contributed by atoms with Crippen LogP contribution < -0.4 is 10.1 Å². The number of carbonyl (C=O) groups excluding carboxylic acids is 1. The van der Waals surface area contributed by atoms with Crippen molar-refractivity contribution in [2.75, 3.05) is 25.5 Å². The van der Waals surface area contributed by atoms with Gasteiger partial charge in [-0.2, -0.15) is 5.26 Å². The first-order valence-corrected chi connectivity index (χ1v) is 8.38. The van der Waals surface area contributed by atoms with Crippen LogP contribution in [0.4, 0.5) is 10.1 Å². The minimum absolute atomic E-state index is 0.141. The highest BCUT2D eigenvalue weighted by Crippen LogP contribution is 2.21. The topological polar surface area (TPSA) is 65.4 Å². The molecule has 2 aromatic carbocycles. The lowest BCUT2D eigenvalue weighted by Crippen LogP contribution is -2.32. The summed E-state index contributed by atoms with van der Waals surface area (Å²) in [5.74, 6) is -0.466. The molecular weight excluding hydrogens is 357 g/mol. The van der Waals surface area contributed by atoms with E-state index in [0.717, 1.165) is 5.56 Å². The van der Waals surface area contributed by atoms with Gasteiger partial charge in [0.05, 0.1) is 24.2 Å². The van der Waals surface area contributed by atoms with Gasteiger partial charge in [0.1, 0.15) is 6.07 Å². The molecule has 0 saturated heterocycles. The lowest BCUT2D eigenvalue weighted by atomic mass is 10.2. The Morgan fingerprint density at radius 3 is 2.69 bits per heavy atom. The Labute approximate surface area is 156 Å². The lowest BCUT2D eigenvalue weighted by Gasteiger charge is -2.20. The molecule has 2 rings (SSSR count). The monoisotopic (exact) mass is 375 g/mol. The highest BCUT2D eigenvalue weighted by atomic mass is 35.5. The maximum atomic E-state index is 13.8. The van der Waals surface area contributed by atoms with Crippen LogP contribution in [0.3, 0.4) is 0 Å². The zero-order chi connectivity index (χ0) is 19.1. The standard InChI is InChI=1S/C19H19ClFN3O2/c1-3-24(11-13-4-7-18(26-2)17(21)8-13)12-19(25)23-15-6-5-14(10-22)16(20)9-15/h4-9H,3,11-12H2,1-2H3,(H,23,25). The van der Waals surface area contributed by atoms with Gasteiger partial charge in [0, 0.05) is 12.2 Å². The van der Waals surface area contributed by atoms with Crippen molar-refractivity contribution < 1.29 is 13.9 Å². The van der Waals surface area contributed by atoms with Crippen molar-refractivity contribution in [2.45, 2.75) is 13.5 Å². The van der Waals surface area contributed by atoms with Gasteiger partial charge in [-0.15, -0.1) is 0 Å². The highest BCUT2D eigenvalue weighted by Gasteiger charge is 2.12. The van der Waals surface area contributed by atoms with E-state index in [1.807, 2.05) is 17.9 Å². The molecule has 0 bridgehead atoms. The smallest absolute Gasteiger partial charge is 0.238 e. The van der Waals surface area contributed by atoms with Crippen LogP contribution in [-0.4, -0.2) is 31.0 Å². The number of benzene rings is 2. The van der Waals surface area contributed by atoms with Crippen LogP contribution in [0.15, 0.2) is 36.4 Å². The van der Waals surface area contributed by atoms with Crippen molar-refractivity contribution in [2.24, 2.45) is 0 Å². The summed E-state index contributed by atoms with van der Waals surface area (Å²) in [6, 6.07) is 11.4. The number of amides is 1. The number of hydrogen-bond donors (Lipinski definition) is 1. The Hall–Kier alpha value is -2.62. The Balaban J connectivity index is 1.98. The number of likely N-dealkylation sites (N-methyl/N-ethyl adjacent to an activating group) is 1. The first-order chi connectivity index (χ1) is 12.5. The van der Waals surface area contributed by atoms with Crippen molar-refractivity contribution in [3.05, 3.63) is 58.4 Å². The van der Waals surface area contributed by atoms with Gasteiger partial charge in [-0.3, -0.25) is 9.69 Å². The second kappa shape index (κ2) is 9.18. The number of methoxy groups -OCH3 is 1. The number of halogens is 2. The minimum Gasteiger partial charge on any atom is -0.494 e. The third kappa shape index (κ3) is 5.19. The van der Waals surface area contributed by atoms with Gasteiger partial charge < -0.3 is 10.1 Å². The lowest BCUT2D eigenvalue weighted by molar-refractivity contribution is -0.117. The van der Waals surface area contributed by atoms with Gasteiger partial charge in [0.25, 0.3) is 0 Å². The molecule has 0 fully saturated rings. The summed E-state index contributed by atoms with van der Waals surface area (Å²) in [4.78, 5) is 14.1. The van der Waals surface area contributed by atoms with Gasteiger partial charge >= 0.3 is 0 Å². The number of nitrogens with zero attached hydrogens (tertiary/aromatic N) is 2. The first kappa shape index (κ1) is 19.7. The van der Waals surface area contributed by atoms with E-state index in [2.05, 4.69) is 5.32 Å². The molecule has 0 saturated carbocycles. The predicted octanol–water partition coefficient (Wildman–Crippen LogP) is 3.82. The predicted molar refractivity (Wildman–Crippen MR) is 98.7 cm³/mol. The van der Waals surface area contributed by atoms with E-state index in [4.69, 9.17) is 21.6 Å². The zero-order valence-corrected chi connectivity index (χ0v) is 15.3. The molecule has 0 unspecified atom stereocenters. The Kier molecular flexibility index (Phi) is 6.96. The number of rotatable bonds is 7. The molecule has 0 aliphatic heterocycles. The van der Waals surface area contributed by atoms with Gasteiger partial charge in [-0.25, -0.2) is 4.39 Å². The van der Waals surface area contributed by atoms with Crippen molar-refractivity contribution >= 4 is 23.2 Å². The van der Waals surface area contributed by atoms with E-state index in [9.17, 15) is 9.18 Å². The quantitative estimate of drug-likeness (QED) is 0.799. The summed E-state index contributed by atoms with van der Waals surface area (Å²) in [5.41, 5.74) is 1.62. The van der Waals surface area contributed by atoms with Crippen LogP contribution >= 0.6 is 11.6 Å². The van der Waals surface area contributed by atoms with Gasteiger partial charge in [-0.1, -0.05) is 24.6 Å². The summed E-state index contributed by atoms with van der Waals surface area (Å²) in [6.45, 7) is 3.11. The average Bonchev–Trinajstić information content (AvgIpc) is 2.61. The molecule has 0 aromatic heterocycles. The molecule has 7 heteroatoms. The van der Waals surface area contributed by atoms with Crippen LogP contribution in [0.1, 0.15) is 18.1 Å². The van der Waals surface area contributed by atoms with E-state index in [1.165, 1.54) is 19.2 Å². The summed E-state index contributed by atoms with van der Waals surface area (Å²) < 4.78 is 18.7. The average molecular weight is 376 g/mol. The van der Waals surface area contributed by atoms with Gasteiger partial charge in [-0.05, 0) is 42.4 Å². The van der Waals surface area contributed by atoms with Crippen molar-refractivity contribution in [3.8, 4) is 11.8 Å². The van der Waals surface area contributed by atoms with E-state index in [1.54, 1.807) is 24.3 Å². The second-order valence-corrected chi connectivity index (χ2v) is 6.03. The molecule has 5 nitrogen and oxygen atoms in total. The maximum Gasteiger partial charge on any atom is 0.238 e. The number of carbonyl (C=O) groups is 1. The van der Waals surface area contributed by atoms with E-state index < -0.39 is 5.82 Å². The fourth-order valence-corrected chi connectivity index (χ4v) is 2.66. The van der Waals surface area contributed by atoms with Crippen LogP contribution in [0, 0.1) is 17.1 Å². The summed E-state index contributed by atoms with van der Waals surface area (Å²) in [6.07, 6.45) is 0. The summed E-state index contributed by atoms with van der Waals surface area (Å²) in [7, 11) is 1.41. The molecule has 26 heavy (non-hydrogen) atoms. The molecule has 1 N–H and O–H groups in total. The molecule has 0 atom stereocenters. The molecule has 136 valence electrons. The van der Waals surface area contributed by atoms with Gasteiger partial charge in [0.2, 0.25) is 5.91 Å². The SMILES string of the molecule is CCN(CC(=O)Nc1ccc(C#N)c(Cl)c1)Cc1ccc(OC)c(F)c1. The van der Waals surface area contributed by atoms with E-state index in [0.29, 0.717) is 24.3 Å². The molecule has 0 spiro atoms. The van der Waals surface area contributed by atoms with Crippen LogP contribution in [0.5, 0.6) is 5.75 Å². The Morgan fingerprint density at radius 2 is 2.12 bits per heavy atom. The van der Waals surface area contributed by atoms with Crippen LogP contribution in [0.25, 0.3) is 0 Å². The van der Waals surface area contributed by atoms with E-state index in [-0.39, 0.29) is 23.2 Å². The molecule has 0 aliphatic carbocycles. The number of hydrogen-bond acceptors (Lipinski definition) is 4. The van der Waals surface area contributed by atoms with Gasteiger partial charge in [0.15, 0.2) is 11.6 Å². The number of nitriles is 1. The van der Waals surface area contributed by atoms with Crippen LogP contribution in [-0.2, 0) is 11.3 Å². The molecule has 2 aromatic rings. The summed E-state index contributed by atoms with van der Waals surface area (Å²) in [5, 5.41) is 11.9. The fraction of sp³-hybridized carbons (Fsp3) is 0.263. The Morgan fingerprint density at radius 1 is 1.35 bits per heavy atom. The molecule has 0 heterocycles. The molecule has 0 aliphatic rings. The van der Waals surface area contributed by atoms with Crippen LogP contribution in [0.2, 0.25) is 5.02 Å². The molecular formula is C19H19ClFN3O2. The van der Waals surface area contributed by atoms with Crippen molar-refractivity contribution in [1.29, 1.82) is 5.26 Å². The molecule has 0 radical (unpaired) electrons. The minimum atomic E-state index is -0.433. The Bertz CT molecular complexity index is 836. The first-order valence-electron chi connectivity index (χ1n) is 8.01. The number of nitrogens with one attached hydrogen (secondary N) is 1. The second-order valence-electron chi connectivity index (χ2n) is 5.63. The number of ether oxygens (including phenoxy) is 1. The molecule has 1 amide bonds. The normalized spacial score (nSPS) is 10.5. The zero-order valence-electron chi connectivity index (χ0n) is 14.6. The summed E-state index contributed by atoms with van der Waals surface area (Å²) >= 11 is 5.96. The maximum absolute atomic E-state index is 13.8. The number of anilines is 1. The third-order valence-electron chi connectivity index (χ3n) is 3.81. The third-order valence-corrected chi connectivity index (χ3v) is 4.12.